The number of ether oxygens (including phenoxy) is 3. The van der Waals surface area contributed by atoms with Crippen LogP contribution in [0.5, 0.6) is 5.88 Å². The van der Waals surface area contributed by atoms with Gasteiger partial charge in [0.25, 0.3) is 0 Å². The van der Waals surface area contributed by atoms with E-state index in [9.17, 15) is 4.79 Å². The van der Waals surface area contributed by atoms with Crippen molar-refractivity contribution in [3.8, 4) is 17.1 Å². The molecule has 0 bridgehead atoms. The molecule has 3 aromatic heterocycles. The number of rotatable bonds is 11. The minimum absolute atomic E-state index is 0.391. The molecule has 2 aromatic carbocycles. The fourth-order valence-corrected chi connectivity index (χ4v) is 5.82. The van der Waals surface area contributed by atoms with Crippen molar-refractivity contribution >= 4 is 22.6 Å². The molecule has 1 unspecified atom stereocenters. The van der Waals surface area contributed by atoms with E-state index in [0.29, 0.717) is 37.1 Å². The summed E-state index contributed by atoms with van der Waals surface area (Å²) in [6.07, 6.45) is 7.90. The summed E-state index contributed by atoms with van der Waals surface area (Å²) in [4.78, 5) is 22.6. The number of carbonyl (C=O) groups excluding carboxylic acids is 1. The third-order valence-electron chi connectivity index (χ3n) is 8.14. The normalized spacial score (nSPS) is 14.9. The third-order valence-corrected chi connectivity index (χ3v) is 8.14. The summed E-state index contributed by atoms with van der Waals surface area (Å²) in [5.74, 6) is 1.65. The summed E-state index contributed by atoms with van der Waals surface area (Å²) in [6, 6.07) is 21.7. The van der Waals surface area contributed by atoms with Crippen LogP contribution in [0.15, 0.2) is 79.0 Å². The molecule has 0 spiro atoms. The lowest BCUT2D eigenvalue weighted by atomic mass is 9.86. The van der Waals surface area contributed by atoms with Gasteiger partial charge in [-0.15, -0.1) is 0 Å². The van der Waals surface area contributed by atoms with E-state index in [1.165, 1.54) is 12.7 Å². The Labute approximate surface area is 257 Å². The van der Waals surface area contributed by atoms with Gasteiger partial charge in [-0.2, -0.15) is 5.10 Å². The summed E-state index contributed by atoms with van der Waals surface area (Å²) in [5, 5.41) is 4.61. The van der Waals surface area contributed by atoms with Crippen LogP contribution < -0.4 is 4.74 Å². The maximum Gasteiger partial charge on any atom is 0.337 e. The van der Waals surface area contributed by atoms with Gasteiger partial charge >= 0.3 is 5.97 Å². The van der Waals surface area contributed by atoms with Gasteiger partial charge in [-0.05, 0) is 60.6 Å². The molecule has 9 heteroatoms. The number of imidazole rings is 1. The second kappa shape index (κ2) is 13.3. The summed E-state index contributed by atoms with van der Waals surface area (Å²) < 4.78 is 20.5. The van der Waals surface area contributed by atoms with Gasteiger partial charge in [-0.3, -0.25) is 4.68 Å². The predicted octanol–water partition coefficient (Wildman–Crippen LogP) is 6.27. The van der Waals surface area contributed by atoms with Gasteiger partial charge in [0.05, 0.1) is 41.7 Å². The Kier molecular flexibility index (Phi) is 8.84. The number of aryl methyl sites for hydroxylation is 1. The zero-order chi connectivity index (χ0) is 30.5. The second-order valence-electron chi connectivity index (χ2n) is 11.1. The van der Waals surface area contributed by atoms with Crippen molar-refractivity contribution < 1.29 is 19.0 Å². The van der Waals surface area contributed by atoms with Crippen molar-refractivity contribution in [2.75, 3.05) is 20.8 Å². The average molecular weight is 592 g/mol. The first-order valence-electron chi connectivity index (χ1n) is 15.0. The quantitative estimate of drug-likeness (QED) is 0.167. The monoisotopic (exact) mass is 591 g/mol. The maximum atomic E-state index is 12.6. The highest BCUT2D eigenvalue weighted by atomic mass is 16.5. The lowest BCUT2D eigenvalue weighted by Gasteiger charge is -2.22. The van der Waals surface area contributed by atoms with Crippen LogP contribution >= 0.6 is 0 Å². The van der Waals surface area contributed by atoms with E-state index >= 15 is 0 Å². The van der Waals surface area contributed by atoms with Crippen molar-refractivity contribution in [2.24, 2.45) is 13.0 Å². The number of nitrogens with zero attached hydrogens (tertiary/aromatic N) is 5. The van der Waals surface area contributed by atoms with Crippen molar-refractivity contribution in [1.82, 2.24) is 24.3 Å². The van der Waals surface area contributed by atoms with Crippen molar-refractivity contribution in [3.63, 3.8) is 0 Å². The number of esters is 1. The summed E-state index contributed by atoms with van der Waals surface area (Å²) in [6.45, 7) is 1.65. The van der Waals surface area contributed by atoms with E-state index in [4.69, 9.17) is 24.2 Å². The van der Waals surface area contributed by atoms with E-state index in [-0.39, 0.29) is 0 Å². The van der Waals surface area contributed by atoms with Crippen LogP contribution in [-0.4, -0.2) is 51.1 Å². The smallest absolute Gasteiger partial charge is 0.337 e. The summed E-state index contributed by atoms with van der Waals surface area (Å²) >= 11 is 0. The lowest BCUT2D eigenvalue weighted by Crippen LogP contribution is -2.15. The molecule has 0 fully saturated rings. The number of hydrogen-bond acceptors (Lipinski definition) is 7. The molecule has 1 aliphatic carbocycles. The Morgan fingerprint density at radius 3 is 2.59 bits per heavy atom. The molecule has 226 valence electrons. The molecule has 6 rings (SSSR count). The molecule has 1 atom stereocenters. The van der Waals surface area contributed by atoms with Crippen LogP contribution in [0, 0.1) is 5.92 Å². The molecule has 0 radical (unpaired) electrons. The molecule has 9 nitrogen and oxygen atoms in total. The van der Waals surface area contributed by atoms with E-state index in [1.807, 2.05) is 61.8 Å². The Balaban J connectivity index is 1.24. The van der Waals surface area contributed by atoms with Gasteiger partial charge in [0.1, 0.15) is 12.4 Å². The van der Waals surface area contributed by atoms with Crippen LogP contribution in [0.3, 0.4) is 0 Å². The van der Waals surface area contributed by atoms with E-state index in [1.54, 1.807) is 11.8 Å². The molecule has 0 saturated heterocycles. The number of benzene rings is 2. The predicted molar refractivity (Wildman–Crippen MR) is 169 cm³/mol. The highest BCUT2D eigenvalue weighted by molar-refractivity contribution is 6.00. The van der Waals surface area contributed by atoms with Crippen LogP contribution in [0.25, 0.3) is 27.9 Å². The van der Waals surface area contributed by atoms with E-state index in [2.05, 4.69) is 33.9 Å². The second-order valence-corrected chi connectivity index (χ2v) is 11.1. The zero-order valence-corrected chi connectivity index (χ0v) is 25.4. The van der Waals surface area contributed by atoms with E-state index in [0.717, 1.165) is 65.1 Å². The van der Waals surface area contributed by atoms with Gasteiger partial charge < -0.3 is 18.8 Å². The Hall–Kier alpha value is -4.76. The van der Waals surface area contributed by atoms with Crippen molar-refractivity contribution in [1.29, 1.82) is 0 Å². The topological polar surface area (TPSA) is 93.3 Å². The minimum Gasteiger partial charge on any atom is -0.473 e. The van der Waals surface area contributed by atoms with E-state index < -0.39 is 5.97 Å². The molecule has 5 aromatic rings. The highest BCUT2D eigenvalue weighted by Gasteiger charge is 2.23. The first-order chi connectivity index (χ1) is 21.5. The van der Waals surface area contributed by atoms with Gasteiger partial charge in [-0.25, -0.2) is 14.8 Å². The largest absolute Gasteiger partial charge is 0.473 e. The summed E-state index contributed by atoms with van der Waals surface area (Å²) in [5.41, 5.74) is 7.08. The number of carbonyl (C=O) groups is 1. The molecule has 3 heterocycles. The molecule has 0 amide bonds. The number of pyridine rings is 1. The first kappa shape index (κ1) is 29.3. The van der Waals surface area contributed by atoms with Gasteiger partial charge in [-0.1, -0.05) is 42.5 Å². The number of fused-ring (bicyclic) bond motifs is 1. The zero-order valence-electron chi connectivity index (χ0n) is 25.4. The Morgan fingerprint density at radius 1 is 1.00 bits per heavy atom. The number of allylic oxidation sites excluding steroid dienone is 2. The molecular formula is C35H37N5O4. The first-order valence-corrected chi connectivity index (χ1v) is 15.0. The van der Waals surface area contributed by atoms with Gasteiger partial charge in [0.2, 0.25) is 5.88 Å². The fraction of sp³-hybridized carbons (Fsp3) is 0.314. The standard InChI is InChI=1S/C35H37N5O4/c1-39-17-16-30(38-39)28-21-27(35(41)43-3)22-31-34(28)37-32(40(31)18-19-42-2)20-24-12-14-26(15-13-24)29-10-7-11-33(36-29)44-23-25-8-5-4-6-9-25/h4-11,14,16-17,21-22,24H,12-13,15,18-20,23H2,1-3H3. The Bertz CT molecular complexity index is 1790. The van der Waals surface area contributed by atoms with Crippen molar-refractivity contribution in [2.45, 2.75) is 38.8 Å². The third kappa shape index (κ3) is 6.43. The maximum absolute atomic E-state index is 12.6. The molecule has 44 heavy (non-hydrogen) atoms. The average Bonchev–Trinajstić information content (AvgIpc) is 3.65. The van der Waals surface area contributed by atoms with Crippen LogP contribution in [-0.2, 0) is 36.1 Å². The number of aromatic nitrogens is 5. The molecule has 0 N–H and O–H groups in total. The molecule has 1 aliphatic rings. The number of methoxy groups -OCH3 is 2. The fourth-order valence-electron chi connectivity index (χ4n) is 5.82. The Morgan fingerprint density at radius 2 is 1.86 bits per heavy atom. The van der Waals surface area contributed by atoms with Gasteiger partial charge in [0, 0.05) is 44.9 Å². The minimum atomic E-state index is -0.391. The van der Waals surface area contributed by atoms with Crippen molar-refractivity contribution in [3.05, 3.63) is 102 Å². The van der Waals surface area contributed by atoms with Crippen LogP contribution in [0.2, 0.25) is 0 Å². The lowest BCUT2D eigenvalue weighted by molar-refractivity contribution is 0.0601. The SMILES string of the molecule is COCCn1c(CC2CC=C(c3cccc(OCc4ccccc4)n3)CC2)nc2c(-c3ccn(C)n3)cc(C(=O)OC)cc21. The highest BCUT2D eigenvalue weighted by Crippen LogP contribution is 2.35. The summed E-state index contributed by atoms with van der Waals surface area (Å²) in [7, 11) is 4.97. The number of hydrogen-bond donors (Lipinski definition) is 0. The van der Waals surface area contributed by atoms with Crippen LogP contribution in [0.1, 0.15) is 46.7 Å². The molecular weight excluding hydrogens is 554 g/mol. The van der Waals surface area contributed by atoms with Crippen LogP contribution in [0.4, 0.5) is 0 Å². The molecule has 0 aliphatic heterocycles. The van der Waals surface area contributed by atoms with Gasteiger partial charge in [0.15, 0.2) is 0 Å². The molecule has 0 saturated carbocycles.